The first-order chi connectivity index (χ1) is 16.1. The lowest BCUT2D eigenvalue weighted by Gasteiger charge is -2.24. The molecule has 14 nitrogen and oxygen atoms in total. The molecular weight excluding hydrogens is 472 g/mol. The van der Waals surface area contributed by atoms with E-state index in [1.807, 2.05) is 0 Å². The summed E-state index contributed by atoms with van der Waals surface area (Å²) in [7, 11) is 0. The summed E-state index contributed by atoms with van der Waals surface area (Å²) in [5.41, 5.74) is 6.42. The minimum Gasteiger partial charge on any atom is -0.481 e. The summed E-state index contributed by atoms with van der Waals surface area (Å²) >= 11 is 1.38. The maximum atomic E-state index is 12.6. The number of aliphatic hydroxyl groups excluding tert-OH is 1. The monoisotopic (exact) mass is 502 g/mol. The number of hydrogen-bond donors (Lipinski definition) is 8. The van der Waals surface area contributed by atoms with Crippen molar-refractivity contribution >= 4 is 41.4 Å². The van der Waals surface area contributed by atoms with Crippen molar-refractivity contribution in [3.05, 3.63) is 18.2 Å². The molecule has 34 heavy (non-hydrogen) atoms. The number of imidazole rings is 1. The largest absolute Gasteiger partial charge is 0.481 e. The number of aliphatic hydroxyl groups is 1. The summed E-state index contributed by atoms with van der Waals surface area (Å²) in [6, 6.07) is -5.10. The summed E-state index contributed by atoms with van der Waals surface area (Å²) in [6.07, 6.45) is 4.08. The van der Waals surface area contributed by atoms with Gasteiger partial charge in [0.15, 0.2) is 0 Å². The number of nitrogens with one attached hydrogen (secondary N) is 4. The van der Waals surface area contributed by atoms with Crippen LogP contribution in [0.3, 0.4) is 0 Å². The first kappa shape index (κ1) is 28.9. The molecule has 0 aliphatic rings. The predicted molar refractivity (Wildman–Crippen MR) is 121 cm³/mol. The number of thioether (sulfide) groups is 1. The minimum atomic E-state index is -1.47. The second-order valence-electron chi connectivity index (χ2n) is 7.31. The number of carbonyl (C=O) groups excluding carboxylic acids is 3. The lowest BCUT2D eigenvalue weighted by Crippen LogP contribution is -2.58. The molecule has 1 aromatic rings. The number of carboxylic acids is 2. The van der Waals surface area contributed by atoms with Crippen LogP contribution in [0.25, 0.3) is 0 Å². The fourth-order valence-corrected chi connectivity index (χ4v) is 3.24. The molecule has 9 N–H and O–H groups in total. The van der Waals surface area contributed by atoms with Crippen molar-refractivity contribution in [1.29, 1.82) is 0 Å². The molecule has 1 aromatic heterocycles. The number of carbonyl (C=O) groups is 5. The summed E-state index contributed by atoms with van der Waals surface area (Å²) in [5, 5.41) is 34.5. The molecule has 0 fully saturated rings. The van der Waals surface area contributed by atoms with E-state index in [1.165, 1.54) is 24.3 Å². The van der Waals surface area contributed by atoms with Gasteiger partial charge in [0.25, 0.3) is 0 Å². The Labute approximate surface area is 199 Å². The fraction of sp³-hybridized carbons (Fsp3) is 0.579. The highest BCUT2D eigenvalue weighted by molar-refractivity contribution is 7.98. The highest BCUT2D eigenvalue weighted by Crippen LogP contribution is 2.05. The molecule has 190 valence electrons. The molecule has 1 rings (SSSR count). The zero-order valence-electron chi connectivity index (χ0n) is 18.5. The Bertz CT molecular complexity index is 837. The number of H-pyrrole nitrogens is 1. The van der Waals surface area contributed by atoms with Gasteiger partial charge in [-0.1, -0.05) is 0 Å². The van der Waals surface area contributed by atoms with Crippen LogP contribution in [0.4, 0.5) is 0 Å². The summed E-state index contributed by atoms with van der Waals surface area (Å²) in [5.74, 6) is -4.64. The molecule has 0 aliphatic heterocycles. The van der Waals surface area contributed by atoms with Crippen LogP contribution >= 0.6 is 11.8 Å². The zero-order chi connectivity index (χ0) is 25.7. The van der Waals surface area contributed by atoms with E-state index in [0.29, 0.717) is 11.4 Å². The van der Waals surface area contributed by atoms with Crippen LogP contribution in [0.5, 0.6) is 0 Å². The number of carboxylic acid groups (broad SMARTS) is 2. The van der Waals surface area contributed by atoms with E-state index < -0.39 is 66.9 Å². The maximum Gasteiger partial charge on any atom is 0.326 e. The van der Waals surface area contributed by atoms with E-state index in [-0.39, 0.29) is 19.3 Å². The van der Waals surface area contributed by atoms with E-state index in [9.17, 15) is 34.2 Å². The van der Waals surface area contributed by atoms with Gasteiger partial charge in [0.1, 0.15) is 18.1 Å². The number of rotatable bonds is 16. The smallest absolute Gasteiger partial charge is 0.326 e. The van der Waals surface area contributed by atoms with Crippen molar-refractivity contribution in [3.63, 3.8) is 0 Å². The van der Waals surface area contributed by atoms with Crippen LogP contribution < -0.4 is 21.7 Å². The van der Waals surface area contributed by atoms with Gasteiger partial charge in [-0.3, -0.25) is 19.2 Å². The average Bonchev–Trinajstić information content (AvgIpc) is 3.29. The van der Waals surface area contributed by atoms with Gasteiger partial charge in [0.2, 0.25) is 17.7 Å². The highest BCUT2D eigenvalue weighted by atomic mass is 32.2. The summed E-state index contributed by atoms with van der Waals surface area (Å²) in [6.45, 7) is -0.776. The van der Waals surface area contributed by atoms with Crippen LogP contribution in [0.1, 0.15) is 25.0 Å². The van der Waals surface area contributed by atoms with Crippen molar-refractivity contribution in [1.82, 2.24) is 25.9 Å². The van der Waals surface area contributed by atoms with Crippen molar-refractivity contribution in [3.8, 4) is 0 Å². The fourth-order valence-electron chi connectivity index (χ4n) is 2.77. The third-order valence-electron chi connectivity index (χ3n) is 4.65. The first-order valence-corrected chi connectivity index (χ1v) is 11.7. The van der Waals surface area contributed by atoms with Crippen molar-refractivity contribution in [2.24, 2.45) is 5.73 Å². The lowest BCUT2D eigenvalue weighted by molar-refractivity contribution is -0.143. The molecule has 3 amide bonds. The molecule has 0 saturated heterocycles. The number of amides is 3. The molecule has 0 aromatic carbocycles. The van der Waals surface area contributed by atoms with Crippen LogP contribution in [-0.2, 0) is 30.4 Å². The molecule has 0 saturated carbocycles. The summed E-state index contributed by atoms with van der Waals surface area (Å²) in [4.78, 5) is 66.3. The molecule has 0 aliphatic carbocycles. The van der Waals surface area contributed by atoms with Crippen LogP contribution in [0.2, 0.25) is 0 Å². The van der Waals surface area contributed by atoms with Gasteiger partial charge in [0.05, 0.1) is 19.0 Å². The van der Waals surface area contributed by atoms with Gasteiger partial charge in [0, 0.05) is 24.7 Å². The Morgan fingerprint density at radius 3 is 2.18 bits per heavy atom. The quantitative estimate of drug-likeness (QED) is 0.117. The second-order valence-corrected chi connectivity index (χ2v) is 8.29. The number of aromatic nitrogens is 2. The molecule has 4 unspecified atom stereocenters. The highest BCUT2D eigenvalue weighted by Gasteiger charge is 2.30. The number of aliphatic carboxylic acids is 2. The molecular formula is C19H30N6O8S. The molecule has 15 heteroatoms. The van der Waals surface area contributed by atoms with E-state index in [4.69, 9.17) is 10.8 Å². The molecule has 0 bridgehead atoms. The molecule has 4 atom stereocenters. The number of nitrogens with zero attached hydrogens (tertiary/aromatic N) is 1. The predicted octanol–water partition coefficient (Wildman–Crippen LogP) is -2.57. The van der Waals surface area contributed by atoms with E-state index >= 15 is 0 Å². The van der Waals surface area contributed by atoms with Gasteiger partial charge in [-0.15, -0.1) is 0 Å². The Morgan fingerprint density at radius 2 is 1.65 bits per heavy atom. The van der Waals surface area contributed by atoms with Crippen molar-refractivity contribution in [2.75, 3.05) is 18.6 Å². The minimum absolute atomic E-state index is 0.108. The SMILES string of the molecule is CSCCC(NC(=O)C(CO)NC(=O)C(N)Cc1cnc[nH]1)C(=O)NC(CCC(=O)O)C(=O)O. The third kappa shape index (κ3) is 10.2. The molecule has 1 heterocycles. The van der Waals surface area contributed by atoms with E-state index in [2.05, 4.69) is 25.9 Å². The Balaban J connectivity index is 2.79. The lowest BCUT2D eigenvalue weighted by atomic mass is 10.1. The normalized spacial score (nSPS) is 14.3. The number of aromatic amines is 1. The van der Waals surface area contributed by atoms with Gasteiger partial charge >= 0.3 is 11.9 Å². The molecule has 0 spiro atoms. The first-order valence-electron chi connectivity index (χ1n) is 10.3. The van der Waals surface area contributed by atoms with E-state index in [0.717, 1.165) is 0 Å². The Hall–Kier alpha value is -3.17. The standard InChI is InChI=1S/C19H30N6O8S/c1-34-5-4-12(17(30)24-13(19(32)33)2-3-15(27)28)23-18(31)14(8-26)25-16(29)11(20)6-10-7-21-9-22-10/h7,9,11-14,26H,2-6,8,20H2,1H3,(H,21,22)(H,23,31)(H,24,30)(H,25,29)(H,27,28)(H,32,33). The number of hydrogen-bond acceptors (Lipinski definition) is 9. The van der Waals surface area contributed by atoms with Crippen LogP contribution in [0, 0.1) is 0 Å². The van der Waals surface area contributed by atoms with Crippen molar-refractivity contribution in [2.45, 2.75) is 49.9 Å². The van der Waals surface area contributed by atoms with Crippen LogP contribution in [-0.4, -0.2) is 97.7 Å². The maximum absolute atomic E-state index is 12.6. The Morgan fingerprint density at radius 1 is 1.03 bits per heavy atom. The second kappa shape index (κ2) is 14.9. The average molecular weight is 503 g/mol. The Kier molecular flexibility index (Phi) is 12.6. The zero-order valence-corrected chi connectivity index (χ0v) is 19.3. The van der Waals surface area contributed by atoms with E-state index in [1.54, 1.807) is 6.26 Å². The van der Waals surface area contributed by atoms with Gasteiger partial charge in [-0.05, 0) is 24.9 Å². The number of nitrogens with two attached hydrogens (primary N) is 1. The molecule has 0 radical (unpaired) electrons. The van der Waals surface area contributed by atoms with Crippen molar-refractivity contribution < 1.29 is 39.3 Å². The topological polar surface area (TPSA) is 237 Å². The van der Waals surface area contributed by atoms with Crippen LogP contribution in [0.15, 0.2) is 12.5 Å². The van der Waals surface area contributed by atoms with Gasteiger partial charge in [-0.25, -0.2) is 9.78 Å². The summed E-state index contributed by atoms with van der Waals surface area (Å²) < 4.78 is 0. The van der Waals surface area contributed by atoms with Gasteiger partial charge in [-0.2, -0.15) is 11.8 Å². The van der Waals surface area contributed by atoms with Gasteiger partial charge < -0.3 is 42.0 Å². The third-order valence-corrected chi connectivity index (χ3v) is 5.30.